The monoisotopic (exact) mass is 747 g/mol. The lowest BCUT2D eigenvalue weighted by atomic mass is 9.87. The van der Waals surface area contributed by atoms with Crippen LogP contribution in [0.25, 0.3) is 98.7 Å². The minimum absolute atomic E-state index is 1.13. The number of fused-ring (bicyclic) bond motifs is 12. The number of para-hydroxylation sites is 2. The molecule has 12 rings (SSSR count). The molecule has 0 amide bonds. The second kappa shape index (κ2) is 13.4. The molecule has 59 heavy (non-hydrogen) atoms. The second-order valence-electron chi connectivity index (χ2n) is 15.6. The molecular weight excluding hydrogens is 711 g/mol. The fraction of sp³-hybridized carbons (Fsp3) is 0. The highest BCUT2D eigenvalue weighted by Crippen LogP contribution is 2.52. The summed E-state index contributed by atoms with van der Waals surface area (Å²) in [5, 5.41) is 10.2. The van der Waals surface area contributed by atoms with Gasteiger partial charge in [-0.15, -0.1) is 0 Å². The first-order chi connectivity index (χ1) is 29.3. The van der Waals surface area contributed by atoms with Crippen LogP contribution in [-0.2, 0) is 0 Å². The Bertz CT molecular complexity index is 3400. The van der Waals surface area contributed by atoms with E-state index in [1.165, 1.54) is 104 Å². The number of anilines is 3. The number of rotatable bonds is 4. The zero-order chi connectivity index (χ0) is 38.9. The standard InChI is InChI=1S/C58H37N/c1-3-15-38(16-4-1)39-27-31-51-52-25-13-14-26-57(52)59(44-18-5-2-6-19-44)58-32-29-42(36-56(58)55(51)34-39)53-37-43(33-41-17-7-8-20-45(41)53)40-28-30-50-48-23-10-9-21-46(48)47-22-11-12-24-49(47)54(50)35-40/h1-37H. The Morgan fingerprint density at radius 2 is 0.746 bits per heavy atom. The largest absolute Gasteiger partial charge is 0.309 e. The van der Waals surface area contributed by atoms with Crippen LogP contribution in [0.1, 0.15) is 0 Å². The Morgan fingerprint density at radius 1 is 0.220 bits per heavy atom. The van der Waals surface area contributed by atoms with Gasteiger partial charge in [0.25, 0.3) is 0 Å². The highest BCUT2D eigenvalue weighted by Gasteiger charge is 2.27. The Labute approximate surface area is 343 Å². The summed E-state index contributed by atoms with van der Waals surface area (Å²) in [5.41, 5.74) is 15.6. The van der Waals surface area contributed by atoms with E-state index in [9.17, 15) is 0 Å². The fourth-order valence-corrected chi connectivity index (χ4v) is 9.61. The van der Waals surface area contributed by atoms with Gasteiger partial charge in [0, 0.05) is 16.8 Å². The smallest absolute Gasteiger partial charge is 0.0540 e. The van der Waals surface area contributed by atoms with Crippen molar-refractivity contribution in [2.45, 2.75) is 0 Å². The third kappa shape index (κ3) is 5.40. The third-order valence-electron chi connectivity index (χ3n) is 12.4. The Hall–Kier alpha value is -7.74. The predicted octanol–water partition coefficient (Wildman–Crippen LogP) is 16.4. The number of hydrogen-bond donors (Lipinski definition) is 0. The lowest BCUT2D eigenvalue weighted by Crippen LogP contribution is -2.10. The molecule has 1 aliphatic heterocycles. The van der Waals surface area contributed by atoms with E-state index >= 15 is 0 Å². The molecule has 1 nitrogen and oxygen atoms in total. The van der Waals surface area contributed by atoms with Crippen molar-refractivity contribution in [3.63, 3.8) is 0 Å². The maximum Gasteiger partial charge on any atom is 0.0540 e. The lowest BCUT2D eigenvalue weighted by molar-refractivity contribution is 1.29. The SMILES string of the molecule is c1ccc(-c2ccc3c(c2)-c2cc(-c4cc(-c5ccc6c7ccccc7c7ccccc7c6c5)cc5ccccc45)ccc2N(c2ccccc2)c2ccccc2-3)cc1. The summed E-state index contributed by atoms with van der Waals surface area (Å²) >= 11 is 0. The molecule has 0 radical (unpaired) electrons. The molecule has 0 aliphatic carbocycles. The van der Waals surface area contributed by atoms with Gasteiger partial charge in [0.1, 0.15) is 0 Å². The van der Waals surface area contributed by atoms with Crippen LogP contribution in [0.2, 0.25) is 0 Å². The Kier molecular flexibility index (Phi) is 7.61. The first-order valence-electron chi connectivity index (χ1n) is 20.4. The normalized spacial score (nSPS) is 12.0. The van der Waals surface area contributed by atoms with Crippen LogP contribution < -0.4 is 4.90 Å². The molecule has 0 aromatic heterocycles. The van der Waals surface area contributed by atoms with Gasteiger partial charge in [0.05, 0.1) is 11.4 Å². The minimum atomic E-state index is 1.13. The molecule has 0 unspecified atom stereocenters. The molecule has 1 heteroatoms. The van der Waals surface area contributed by atoms with Crippen molar-refractivity contribution in [2.24, 2.45) is 0 Å². The first kappa shape index (κ1) is 33.4. The van der Waals surface area contributed by atoms with Crippen molar-refractivity contribution in [1.82, 2.24) is 0 Å². The van der Waals surface area contributed by atoms with Crippen LogP contribution in [0.5, 0.6) is 0 Å². The molecular formula is C58H37N. The van der Waals surface area contributed by atoms with E-state index in [2.05, 4.69) is 229 Å². The highest BCUT2D eigenvalue weighted by atomic mass is 15.1. The number of nitrogens with zero attached hydrogens (tertiary/aromatic N) is 1. The van der Waals surface area contributed by atoms with Gasteiger partial charge >= 0.3 is 0 Å². The third-order valence-corrected chi connectivity index (χ3v) is 12.4. The molecule has 0 atom stereocenters. The van der Waals surface area contributed by atoms with Gasteiger partial charge in [-0.05, 0) is 142 Å². The van der Waals surface area contributed by atoms with Gasteiger partial charge in [-0.25, -0.2) is 0 Å². The van der Waals surface area contributed by atoms with E-state index < -0.39 is 0 Å². The Balaban J connectivity index is 1.10. The maximum atomic E-state index is 2.44. The summed E-state index contributed by atoms with van der Waals surface area (Å²) in [5.74, 6) is 0. The molecule has 0 spiro atoms. The molecule has 11 aromatic rings. The minimum Gasteiger partial charge on any atom is -0.309 e. The van der Waals surface area contributed by atoms with E-state index in [1.807, 2.05) is 0 Å². The van der Waals surface area contributed by atoms with Gasteiger partial charge < -0.3 is 4.90 Å². The van der Waals surface area contributed by atoms with Crippen LogP contribution >= 0.6 is 0 Å². The molecule has 0 fully saturated rings. The maximum absolute atomic E-state index is 2.44. The van der Waals surface area contributed by atoms with E-state index in [-0.39, 0.29) is 0 Å². The van der Waals surface area contributed by atoms with Crippen molar-refractivity contribution in [1.29, 1.82) is 0 Å². The van der Waals surface area contributed by atoms with Crippen LogP contribution in [-0.4, -0.2) is 0 Å². The molecule has 11 aromatic carbocycles. The van der Waals surface area contributed by atoms with Crippen molar-refractivity contribution >= 4 is 60.2 Å². The zero-order valence-electron chi connectivity index (χ0n) is 32.3. The fourth-order valence-electron chi connectivity index (χ4n) is 9.61. The molecule has 1 aliphatic rings. The number of hydrogen-bond acceptors (Lipinski definition) is 1. The van der Waals surface area contributed by atoms with Crippen LogP contribution in [0.15, 0.2) is 224 Å². The topological polar surface area (TPSA) is 3.24 Å². The van der Waals surface area contributed by atoms with Gasteiger partial charge in [0.2, 0.25) is 0 Å². The second-order valence-corrected chi connectivity index (χ2v) is 15.6. The molecule has 0 saturated carbocycles. The Morgan fingerprint density at radius 3 is 1.51 bits per heavy atom. The molecule has 1 heterocycles. The van der Waals surface area contributed by atoms with Gasteiger partial charge in [-0.2, -0.15) is 0 Å². The lowest BCUT2D eigenvalue weighted by Gasteiger charge is -2.27. The van der Waals surface area contributed by atoms with Gasteiger partial charge in [-0.1, -0.05) is 170 Å². The quantitative estimate of drug-likeness (QED) is 0.162. The van der Waals surface area contributed by atoms with E-state index in [0.29, 0.717) is 0 Å². The summed E-state index contributed by atoms with van der Waals surface area (Å²) in [7, 11) is 0. The summed E-state index contributed by atoms with van der Waals surface area (Å²) < 4.78 is 0. The van der Waals surface area contributed by atoms with E-state index in [0.717, 1.165) is 11.4 Å². The van der Waals surface area contributed by atoms with Gasteiger partial charge in [-0.3, -0.25) is 0 Å². The van der Waals surface area contributed by atoms with Crippen molar-refractivity contribution in [3.8, 4) is 55.6 Å². The van der Waals surface area contributed by atoms with Crippen LogP contribution in [0, 0.1) is 0 Å². The van der Waals surface area contributed by atoms with Crippen molar-refractivity contribution in [3.05, 3.63) is 224 Å². The van der Waals surface area contributed by atoms with Crippen LogP contribution in [0.4, 0.5) is 17.1 Å². The average molecular weight is 748 g/mol. The van der Waals surface area contributed by atoms with Crippen LogP contribution in [0.3, 0.4) is 0 Å². The van der Waals surface area contributed by atoms with Crippen molar-refractivity contribution < 1.29 is 0 Å². The molecule has 0 bridgehead atoms. The van der Waals surface area contributed by atoms with Gasteiger partial charge in [0.15, 0.2) is 0 Å². The highest BCUT2D eigenvalue weighted by molar-refractivity contribution is 6.26. The number of benzene rings is 11. The zero-order valence-corrected chi connectivity index (χ0v) is 32.3. The first-order valence-corrected chi connectivity index (χ1v) is 20.4. The molecule has 274 valence electrons. The van der Waals surface area contributed by atoms with Crippen molar-refractivity contribution in [2.75, 3.05) is 4.90 Å². The summed E-state index contributed by atoms with van der Waals surface area (Å²) in [6.07, 6.45) is 0. The summed E-state index contributed by atoms with van der Waals surface area (Å²) in [6.45, 7) is 0. The predicted molar refractivity (Wildman–Crippen MR) is 252 cm³/mol. The summed E-state index contributed by atoms with van der Waals surface area (Å²) in [4.78, 5) is 2.44. The van der Waals surface area contributed by atoms with E-state index in [1.54, 1.807) is 0 Å². The molecule has 0 saturated heterocycles. The molecule has 0 N–H and O–H groups in total. The van der Waals surface area contributed by atoms with E-state index in [4.69, 9.17) is 0 Å². The summed E-state index contributed by atoms with van der Waals surface area (Å²) in [6, 6.07) is 82.8. The average Bonchev–Trinajstić information content (AvgIpc) is 3.43.